The van der Waals surface area contributed by atoms with Crippen molar-refractivity contribution in [3.63, 3.8) is 0 Å². The predicted octanol–water partition coefficient (Wildman–Crippen LogP) is 2.70. The fourth-order valence-corrected chi connectivity index (χ4v) is 5.22. The van der Waals surface area contributed by atoms with E-state index in [9.17, 15) is 12.8 Å². The van der Waals surface area contributed by atoms with E-state index in [2.05, 4.69) is 10.2 Å². The van der Waals surface area contributed by atoms with Gasteiger partial charge in [0.05, 0.1) is 5.75 Å². The van der Waals surface area contributed by atoms with Gasteiger partial charge in [0.15, 0.2) is 0 Å². The van der Waals surface area contributed by atoms with Crippen molar-refractivity contribution >= 4 is 21.4 Å². The standard InChI is InChI=1S/C15H18FN3O2S2/c1-11-17-18-15(22-11)13-5-3-7-19(9-13)23(20,21)10-12-4-2-6-14(16)8-12/h2,4,6,8,13H,3,5,7,9-10H2,1H3/t13-/m0/s1. The minimum Gasteiger partial charge on any atom is -0.212 e. The second kappa shape index (κ2) is 6.62. The minimum absolute atomic E-state index is 0.0947. The zero-order valence-corrected chi connectivity index (χ0v) is 14.4. The summed E-state index contributed by atoms with van der Waals surface area (Å²) in [7, 11) is -3.46. The molecule has 2 heterocycles. The molecule has 0 N–H and O–H groups in total. The monoisotopic (exact) mass is 355 g/mol. The molecule has 23 heavy (non-hydrogen) atoms. The molecule has 124 valence electrons. The average molecular weight is 355 g/mol. The van der Waals surface area contributed by atoms with E-state index in [1.807, 2.05) is 6.92 Å². The summed E-state index contributed by atoms with van der Waals surface area (Å²) in [5, 5.41) is 9.95. The van der Waals surface area contributed by atoms with Gasteiger partial charge in [-0.25, -0.2) is 17.1 Å². The SMILES string of the molecule is Cc1nnc([C@H]2CCCN(S(=O)(=O)Cc3cccc(F)c3)C2)s1. The van der Waals surface area contributed by atoms with Crippen LogP contribution in [0.25, 0.3) is 0 Å². The first-order chi connectivity index (χ1) is 10.9. The van der Waals surface area contributed by atoms with E-state index < -0.39 is 15.8 Å². The quantitative estimate of drug-likeness (QED) is 0.846. The van der Waals surface area contributed by atoms with E-state index in [1.54, 1.807) is 6.07 Å². The van der Waals surface area contributed by atoms with Crippen molar-refractivity contribution in [3.05, 3.63) is 45.7 Å². The number of aryl methyl sites for hydroxylation is 1. The summed E-state index contributed by atoms with van der Waals surface area (Å²) in [6, 6.07) is 5.75. The summed E-state index contributed by atoms with van der Waals surface area (Å²) in [4.78, 5) is 0. The van der Waals surface area contributed by atoms with Crippen molar-refractivity contribution in [2.45, 2.75) is 31.4 Å². The van der Waals surface area contributed by atoms with Crippen LogP contribution in [-0.4, -0.2) is 36.0 Å². The van der Waals surface area contributed by atoms with E-state index in [4.69, 9.17) is 0 Å². The molecule has 1 aliphatic heterocycles. The van der Waals surface area contributed by atoms with Gasteiger partial charge in [-0.1, -0.05) is 12.1 Å². The van der Waals surface area contributed by atoms with Crippen LogP contribution in [0.15, 0.2) is 24.3 Å². The molecule has 3 rings (SSSR count). The van der Waals surface area contributed by atoms with E-state index in [1.165, 1.54) is 33.8 Å². The Labute approximate surface area is 139 Å². The van der Waals surface area contributed by atoms with E-state index >= 15 is 0 Å². The number of benzene rings is 1. The van der Waals surface area contributed by atoms with E-state index in [-0.39, 0.29) is 11.7 Å². The molecular formula is C15H18FN3O2S2. The van der Waals surface area contributed by atoms with E-state index in [0.29, 0.717) is 18.7 Å². The maximum absolute atomic E-state index is 13.2. The Kier molecular flexibility index (Phi) is 4.74. The Bertz CT molecular complexity index is 792. The lowest BCUT2D eigenvalue weighted by molar-refractivity contribution is 0.314. The Morgan fingerprint density at radius 3 is 2.91 bits per heavy atom. The van der Waals surface area contributed by atoms with Crippen LogP contribution in [0, 0.1) is 12.7 Å². The molecule has 5 nitrogen and oxygen atoms in total. The summed E-state index contributed by atoms with van der Waals surface area (Å²) in [5.74, 6) is -0.497. The van der Waals surface area contributed by atoms with Crippen LogP contribution in [0.5, 0.6) is 0 Å². The molecule has 1 saturated heterocycles. The van der Waals surface area contributed by atoms with Crippen molar-refractivity contribution in [1.29, 1.82) is 0 Å². The summed E-state index contributed by atoms with van der Waals surface area (Å²) in [5.41, 5.74) is 0.471. The molecular weight excluding hydrogens is 337 g/mol. The van der Waals surface area contributed by atoms with Crippen molar-refractivity contribution in [1.82, 2.24) is 14.5 Å². The fourth-order valence-electron chi connectivity index (χ4n) is 2.80. The highest BCUT2D eigenvalue weighted by Gasteiger charge is 2.31. The molecule has 1 atom stereocenters. The minimum atomic E-state index is -3.46. The number of aromatic nitrogens is 2. The van der Waals surface area contributed by atoms with Gasteiger partial charge in [-0.05, 0) is 37.5 Å². The topological polar surface area (TPSA) is 63.2 Å². The van der Waals surface area contributed by atoms with Crippen molar-refractivity contribution in [3.8, 4) is 0 Å². The largest absolute Gasteiger partial charge is 0.218 e. The second-order valence-electron chi connectivity index (χ2n) is 5.74. The molecule has 1 fully saturated rings. The van der Waals surface area contributed by atoms with Crippen LogP contribution in [0.2, 0.25) is 0 Å². The third kappa shape index (κ3) is 3.94. The van der Waals surface area contributed by atoms with Gasteiger partial charge in [0.2, 0.25) is 10.0 Å². The third-order valence-electron chi connectivity index (χ3n) is 3.91. The van der Waals surface area contributed by atoms with Crippen molar-refractivity contribution in [2.24, 2.45) is 0 Å². The maximum atomic E-state index is 13.2. The first-order valence-electron chi connectivity index (χ1n) is 7.46. The average Bonchev–Trinajstić information content (AvgIpc) is 2.94. The Hall–Kier alpha value is -1.38. The molecule has 0 spiro atoms. The van der Waals surface area contributed by atoms with Gasteiger partial charge in [-0.3, -0.25) is 0 Å². The fraction of sp³-hybridized carbons (Fsp3) is 0.467. The summed E-state index contributed by atoms with van der Waals surface area (Å²) >= 11 is 1.52. The Morgan fingerprint density at radius 2 is 2.22 bits per heavy atom. The number of hydrogen-bond acceptors (Lipinski definition) is 5. The summed E-state index contributed by atoms with van der Waals surface area (Å²) in [6.45, 7) is 2.82. The summed E-state index contributed by atoms with van der Waals surface area (Å²) < 4.78 is 40.0. The van der Waals surface area contributed by atoms with Crippen molar-refractivity contribution in [2.75, 3.05) is 13.1 Å². The smallest absolute Gasteiger partial charge is 0.212 e. The number of nitrogens with zero attached hydrogens (tertiary/aromatic N) is 3. The number of sulfonamides is 1. The Balaban J connectivity index is 1.74. The molecule has 2 aromatic rings. The highest BCUT2D eigenvalue weighted by molar-refractivity contribution is 7.88. The lowest BCUT2D eigenvalue weighted by Crippen LogP contribution is -2.39. The van der Waals surface area contributed by atoms with Gasteiger partial charge in [0.1, 0.15) is 15.8 Å². The molecule has 0 radical (unpaired) electrons. The number of halogens is 1. The first kappa shape index (κ1) is 16.5. The molecule has 0 bridgehead atoms. The molecule has 8 heteroatoms. The molecule has 1 aromatic heterocycles. The van der Waals surface area contributed by atoms with Gasteiger partial charge in [-0.2, -0.15) is 0 Å². The number of hydrogen-bond donors (Lipinski definition) is 0. The van der Waals surface area contributed by atoms with Crippen molar-refractivity contribution < 1.29 is 12.8 Å². The molecule has 0 saturated carbocycles. The van der Waals surface area contributed by atoms with Crippen LogP contribution >= 0.6 is 11.3 Å². The second-order valence-corrected chi connectivity index (χ2v) is 8.92. The molecule has 1 aromatic carbocycles. The third-order valence-corrected chi connectivity index (χ3v) is 6.72. The molecule has 0 unspecified atom stereocenters. The van der Waals surface area contributed by atoms with Gasteiger partial charge < -0.3 is 0 Å². The molecule has 0 amide bonds. The van der Waals surface area contributed by atoms with Crippen LogP contribution in [-0.2, 0) is 15.8 Å². The van der Waals surface area contributed by atoms with Gasteiger partial charge >= 0.3 is 0 Å². The van der Waals surface area contributed by atoms with Crippen LogP contribution in [0.3, 0.4) is 0 Å². The number of rotatable bonds is 4. The predicted molar refractivity (Wildman–Crippen MR) is 87.2 cm³/mol. The van der Waals surface area contributed by atoms with Crippen LogP contribution in [0.4, 0.5) is 4.39 Å². The van der Waals surface area contributed by atoms with Gasteiger partial charge in [0.25, 0.3) is 0 Å². The molecule has 0 aliphatic carbocycles. The highest BCUT2D eigenvalue weighted by atomic mass is 32.2. The van der Waals surface area contributed by atoms with Crippen LogP contribution in [0.1, 0.15) is 34.3 Å². The summed E-state index contributed by atoms with van der Waals surface area (Å²) in [6.07, 6.45) is 1.71. The van der Waals surface area contributed by atoms with Crippen LogP contribution < -0.4 is 0 Å². The number of piperidine rings is 1. The lowest BCUT2D eigenvalue weighted by Gasteiger charge is -2.30. The highest BCUT2D eigenvalue weighted by Crippen LogP contribution is 2.30. The van der Waals surface area contributed by atoms with Gasteiger partial charge in [0, 0.05) is 19.0 Å². The zero-order chi connectivity index (χ0) is 16.4. The molecule has 1 aliphatic rings. The maximum Gasteiger partial charge on any atom is 0.218 e. The lowest BCUT2D eigenvalue weighted by atomic mass is 10.0. The first-order valence-corrected chi connectivity index (χ1v) is 9.89. The zero-order valence-electron chi connectivity index (χ0n) is 12.8. The van der Waals surface area contributed by atoms with E-state index in [0.717, 1.165) is 22.9 Å². The normalized spacial score (nSPS) is 19.8. The van der Waals surface area contributed by atoms with Gasteiger partial charge in [-0.15, -0.1) is 21.5 Å². The Morgan fingerprint density at radius 1 is 1.39 bits per heavy atom.